The summed E-state index contributed by atoms with van der Waals surface area (Å²) in [4.78, 5) is 21.4. The van der Waals surface area contributed by atoms with Crippen molar-refractivity contribution in [3.8, 4) is 0 Å². The van der Waals surface area contributed by atoms with Crippen LogP contribution >= 0.6 is 23.4 Å². The topological polar surface area (TPSA) is 35.9 Å². The van der Waals surface area contributed by atoms with Crippen molar-refractivity contribution in [3.05, 3.63) is 29.0 Å². The number of amides is 1. The number of hydrogen-bond donors (Lipinski definition) is 0. The van der Waals surface area contributed by atoms with Crippen LogP contribution in [0.15, 0.2) is 23.2 Å². The van der Waals surface area contributed by atoms with Crippen LogP contribution in [-0.4, -0.2) is 40.0 Å². The van der Waals surface area contributed by atoms with Gasteiger partial charge < -0.3 is 4.90 Å². The van der Waals surface area contributed by atoms with E-state index in [1.54, 1.807) is 22.7 Å². The van der Waals surface area contributed by atoms with Crippen molar-refractivity contribution in [2.45, 2.75) is 70.1 Å². The normalized spacial score (nSPS) is 25.2. The molecule has 0 N–H and O–H groups in total. The third-order valence-electron chi connectivity index (χ3n) is 5.52. The largest absolute Gasteiger partial charge is 0.327 e. The maximum Gasteiger partial charge on any atom is 0.225 e. The lowest BCUT2D eigenvalue weighted by atomic mass is 9.96. The van der Waals surface area contributed by atoms with Gasteiger partial charge in [0.15, 0.2) is 5.17 Å². The number of halogens is 2. The molecular formula is C20H25ClFN3OS. The number of hydrogen-bond acceptors (Lipinski definition) is 3. The van der Waals surface area contributed by atoms with Crippen molar-refractivity contribution in [2.24, 2.45) is 4.99 Å². The van der Waals surface area contributed by atoms with Crippen LogP contribution in [0.5, 0.6) is 0 Å². The van der Waals surface area contributed by atoms with Crippen LogP contribution in [0.1, 0.15) is 51.9 Å². The number of benzene rings is 1. The Kier molecular flexibility index (Phi) is 5.65. The number of anilines is 1. The second kappa shape index (κ2) is 8.00. The van der Waals surface area contributed by atoms with E-state index in [1.165, 1.54) is 38.3 Å². The zero-order valence-electron chi connectivity index (χ0n) is 15.5. The minimum Gasteiger partial charge on any atom is -0.327 e. The fraction of sp³-hybridized carbons (Fsp3) is 0.600. The quantitative estimate of drug-likeness (QED) is 0.697. The molecule has 1 aromatic rings. The predicted octanol–water partition coefficient (Wildman–Crippen LogP) is 5.06. The highest BCUT2D eigenvalue weighted by molar-refractivity contribution is 8.14. The monoisotopic (exact) mass is 409 g/mol. The van der Waals surface area contributed by atoms with Crippen LogP contribution in [0.25, 0.3) is 0 Å². The molecular weight excluding hydrogens is 385 g/mol. The van der Waals surface area contributed by atoms with Gasteiger partial charge in [0.05, 0.1) is 11.7 Å². The molecule has 0 radical (unpaired) electrons. The summed E-state index contributed by atoms with van der Waals surface area (Å²) in [5, 5.41) is 1.46. The summed E-state index contributed by atoms with van der Waals surface area (Å²) in [5.41, 5.74) is 0.255. The van der Waals surface area contributed by atoms with Gasteiger partial charge in [-0.25, -0.2) is 4.39 Å². The van der Waals surface area contributed by atoms with Crippen molar-refractivity contribution in [2.75, 3.05) is 10.7 Å². The smallest absolute Gasteiger partial charge is 0.225 e. The molecule has 1 aromatic carbocycles. The van der Waals surface area contributed by atoms with Gasteiger partial charge in [0.2, 0.25) is 5.91 Å². The molecule has 2 aliphatic carbocycles. The molecule has 2 saturated carbocycles. The average Bonchev–Trinajstić information content (AvgIpc) is 3.41. The molecule has 1 aliphatic heterocycles. The molecule has 4 rings (SSSR count). The molecule has 27 heavy (non-hydrogen) atoms. The summed E-state index contributed by atoms with van der Waals surface area (Å²) >= 11 is 7.79. The highest BCUT2D eigenvalue weighted by Crippen LogP contribution is 2.40. The first kappa shape index (κ1) is 19.1. The van der Waals surface area contributed by atoms with E-state index in [4.69, 9.17) is 16.6 Å². The first-order valence-corrected chi connectivity index (χ1v) is 11.1. The van der Waals surface area contributed by atoms with E-state index >= 15 is 0 Å². The Morgan fingerprint density at radius 3 is 2.67 bits per heavy atom. The minimum absolute atomic E-state index is 0.175. The van der Waals surface area contributed by atoms with E-state index in [9.17, 15) is 9.18 Å². The lowest BCUT2D eigenvalue weighted by Crippen LogP contribution is -2.51. The SMILES string of the molecule is CC(=O)N(c1cc(Cl)ccc1F)C1CSC(=NC2CCCCC2)N1C1CC1. The number of rotatable bonds is 4. The van der Waals surface area contributed by atoms with Crippen LogP contribution in [0, 0.1) is 5.82 Å². The second-order valence-corrected chi connectivity index (χ2v) is 9.04. The highest BCUT2D eigenvalue weighted by atomic mass is 35.5. The molecule has 3 fully saturated rings. The first-order chi connectivity index (χ1) is 13.0. The molecule has 1 heterocycles. The minimum atomic E-state index is -0.423. The van der Waals surface area contributed by atoms with E-state index in [0.717, 1.165) is 30.9 Å². The fourth-order valence-corrected chi connectivity index (χ4v) is 5.48. The van der Waals surface area contributed by atoms with Gasteiger partial charge in [0.1, 0.15) is 12.0 Å². The number of nitrogens with zero attached hydrogens (tertiary/aromatic N) is 3. The number of thioether (sulfide) groups is 1. The van der Waals surface area contributed by atoms with Crippen LogP contribution < -0.4 is 4.90 Å². The van der Waals surface area contributed by atoms with E-state index in [-0.39, 0.29) is 17.8 Å². The van der Waals surface area contributed by atoms with Crippen LogP contribution in [-0.2, 0) is 4.79 Å². The highest BCUT2D eigenvalue weighted by Gasteiger charge is 2.45. The summed E-state index contributed by atoms with van der Waals surface area (Å²) in [6.45, 7) is 1.49. The van der Waals surface area contributed by atoms with Crippen molar-refractivity contribution in [1.29, 1.82) is 0 Å². The number of aliphatic imine (C=N–C) groups is 1. The fourth-order valence-electron chi connectivity index (χ4n) is 4.06. The van der Waals surface area contributed by atoms with Crippen molar-refractivity contribution >= 4 is 40.1 Å². The molecule has 0 bridgehead atoms. The summed E-state index contributed by atoms with van der Waals surface area (Å²) in [6, 6.07) is 5.17. The maximum absolute atomic E-state index is 14.5. The Hall–Kier alpha value is -1.27. The third kappa shape index (κ3) is 4.11. The van der Waals surface area contributed by atoms with Crippen LogP contribution in [0.2, 0.25) is 5.02 Å². The lowest BCUT2D eigenvalue weighted by molar-refractivity contribution is -0.117. The Morgan fingerprint density at radius 2 is 2.00 bits per heavy atom. The van der Waals surface area contributed by atoms with Gasteiger partial charge in [-0.2, -0.15) is 0 Å². The van der Waals surface area contributed by atoms with Gasteiger partial charge in [-0.15, -0.1) is 0 Å². The standard InChI is InChI=1S/C20H25ClFN3OS/c1-13(26)24(18-11-14(21)7-10-17(18)22)19-12-27-20(25(19)16-8-9-16)23-15-5-3-2-4-6-15/h7,10-11,15-16,19H,2-6,8-9,12H2,1H3. The van der Waals surface area contributed by atoms with Crippen LogP contribution in [0.4, 0.5) is 10.1 Å². The Labute approximate surface area is 169 Å². The van der Waals surface area contributed by atoms with Crippen molar-refractivity contribution < 1.29 is 9.18 Å². The third-order valence-corrected chi connectivity index (χ3v) is 6.79. The van der Waals surface area contributed by atoms with Crippen molar-refractivity contribution in [1.82, 2.24) is 4.90 Å². The second-order valence-electron chi connectivity index (χ2n) is 7.62. The average molecular weight is 410 g/mol. The molecule has 1 unspecified atom stereocenters. The van der Waals surface area contributed by atoms with E-state index in [2.05, 4.69) is 4.90 Å². The van der Waals surface area contributed by atoms with Gasteiger partial charge in [0.25, 0.3) is 0 Å². The van der Waals surface area contributed by atoms with Gasteiger partial charge >= 0.3 is 0 Å². The van der Waals surface area contributed by atoms with Gasteiger partial charge in [-0.05, 0) is 43.9 Å². The molecule has 146 valence electrons. The molecule has 1 saturated heterocycles. The van der Waals surface area contributed by atoms with Gasteiger partial charge in [-0.3, -0.25) is 14.7 Å². The van der Waals surface area contributed by atoms with E-state index in [1.807, 2.05) is 0 Å². The molecule has 7 heteroatoms. The Bertz CT molecular complexity index is 749. The Balaban J connectivity index is 1.65. The Morgan fingerprint density at radius 1 is 1.26 bits per heavy atom. The maximum atomic E-state index is 14.5. The number of carbonyl (C=O) groups excluding carboxylic acids is 1. The molecule has 0 spiro atoms. The number of amidine groups is 1. The molecule has 3 aliphatic rings. The van der Waals surface area contributed by atoms with Crippen molar-refractivity contribution in [3.63, 3.8) is 0 Å². The van der Waals surface area contributed by atoms with Crippen LogP contribution in [0.3, 0.4) is 0 Å². The zero-order chi connectivity index (χ0) is 19.0. The lowest BCUT2D eigenvalue weighted by Gasteiger charge is -2.35. The van der Waals surface area contributed by atoms with E-state index in [0.29, 0.717) is 22.9 Å². The zero-order valence-corrected chi connectivity index (χ0v) is 17.1. The van der Waals surface area contributed by atoms with Gasteiger partial charge in [-0.1, -0.05) is 42.6 Å². The summed E-state index contributed by atoms with van der Waals surface area (Å²) in [6.07, 6.45) is 8.07. The summed E-state index contributed by atoms with van der Waals surface area (Å²) in [5.74, 6) is 0.104. The molecule has 1 amide bonds. The van der Waals surface area contributed by atoms with E-state index < -0.39 is 5.82 Å². The number of carbonyl (C=O) groups is 1. The molecule has 0 aromatic heterocycles. The molecule has 4 nitrogen and oxygen atoms in total. The molecule has 1 atom stereocenters. The summed E-state index contributed by atoms with van der Waals surface area (Å²) < 4.78 is 14.5. The predicted molar refractivity (Wildman–Crippen MR) is 110 cm³/mol. The first-order valence-electron chi connectivity index (χ1n) is 9.78. The summed E-state index contributed by atoms with van der Waals surface area (Å²) in [7, 11) is 0. The van der Waals surface area contributed by atoms with Gasteiger partial charge in [0, 0.05) is 23.7 Å².